The lowest BCUT2D eigenvalue weighted by atomic mass is 10.1. The minimum atomic E-state index is -0.116. The van der Waals surface area contributed by atoms with Gasteiger partial charge in [0.1, 0.15) is 5.75 Å². The zero-order chi connectivity index (χ0) is 13.1. The third-order valence-corrected chi connectivity index (χ3v) is 3.36. The molecule has 0 unspecified atom stereocenters. The first kappa shape index (κ1) is 12.3. The Bertz CT molecular complexity index is 600. The normalized spacial score (nSPS) is 10.9. The number of anilines is 1. The summed E-state index contributed by atoms with van der Waals surface area (Å²) in [5.41, 5.74) is 7.04. The van der Waals surface area contributed by atoms with Crippen LogP contribution in [-0.2, 0) is 0 Å². The number of phenolic OH excluding ortho intramolecular Hbond substituents is 1. The van der Waals surface area contributed by atoms with Crippen LogP contribution in [0, 0.1) is 6.92 Å². The maximum Gasteiger partial charge on any atom is 0.197 e. The molecule has 0 aliphatic carbocycles. The monoisotopic (exact) mass is 260 g/mol. The number of thiazole rings is 1. The van der Waals surface area contributed by atoms with Crippen LogP contribution in [0.25, 0.3) is 6.08 Å². The molecular weight excluding hydrogens is 248 g/mol. The number of allylic oxidation sites excluding steroid dienone is 1. The third kappa shape index (κ3) is 2.75. The second-order valence-corrected chi connectivity index (χ2v) is 4.79. The minimum absolute atomic E-state index is 0.116. The predicted molar refractivity (Wildman–Crippen MR) is 72.7 cm³/mol. The summed E-state index contributed by atoms with van der Waals surface area (Å²) in [5, 5.41) is 9.54. The third-order valence-electron chi connectivity index (χ3n) is 2.36. The van der Waals surface area contributed by atoms with E-state index in [4.69, 9.17) is 10.8 Å². The van der Waals surface area contributed by atoms with Crippen LogP contribution in [-0.4, -0.2) is 15.9 Å². The van der Waals surface area contributed by atoms with Gasteiger partial charge in [-0.1, -0.05) is 29.5 Å². The highest BCUT2D eigenvalue weighted by Gasteiger charge is 2.11. The Morgan fingerprint density at radius 3 is 2.61 bits per heavy atom. The first-order valence-corrected chi connectivity index (χ1v) is 6.12. The topological polar surface area (TPSA) is 76.2 Å². The number of carbonyl (C=O) groups is 1. The van der Waals surface area contributed by atoms with E-state index in [0.29, 0.717) is 15.7 Å². The summed E-state index contributed by atoms with van der Waals surface area (Å²) in [6, 6.07) is 6.60. The second-order valence-electron chi connectivity index (χ2n) is 3.76. The van der Waals surface area contributed by atoms with E-state index in [1.54, 1.807) is 37.3 Å². The van der Waals surface area contributed by atoms with Gasteiger partial charge in [-0.25, -0.2) is 4.98 Å². The lowest BCUT2D eigenvalue weighted by Gasteiger charge is -1.94. The number of nitrogens with zero attached hydrogens (tertiary/aromatic N) is 1. The SMILES string of the molecule is Cc1nc(N)sc1C(=O)C=Cc1ccc(O)cc1. The maximum atomic E-state index is 11.9. The molecule has 0 saturated heterocycles. The summed E-state index contributed by atoms with van der Waals surface area (Å²) in [6.07, 6.45) is 3.17. The van der Waals surface area contributed by atoms with Crippen molar-refractivity contribution in [3.8, 4) is 5.75 Å². The number of nitrogens with two attached hydrogens (primary N) is 1. The second kappa shape index (κ2) is 5.01. The van der Waals surface area contributed by atoms with Crippen LogP contribution in [0.3, 0.4) is 0 Å². The van der Waals surface area contributed by atoms with Gasteiger partial charge in [-0.3, -0.25) is 4.79 Å². The number of hydrogen-bond donors (Lipinski definition) is 2. The first-order chi connectivity index (χ1) is 8.56. The molecule has 5 heteroatoms. The molecule has 1 aromatic heterocycles. The predicted octanol–water partition coefficient (Wildman–Crippen LogP) is 2.64. The Balaban J connectivity index is 2.16. The molecule has 0 spiro atoms. The Kier molecular flexibility index (Phi) is 3.43. The molecule has 3 N–H and O–H groups in total. The number of hydrogen-bond acceptors (Lipinski definition) is 5. The molecule has 2 aromatic rings. The summed E-state index contributed by atoms with van der Waals surface area (Å²) in [5.74, 6) is 0.0827. The molecule has 0 amide bonds. The lowest BCUT2D eigenvalue weighted by molar-refractivity contribution is 0.105. The molecule has 0 saturated carbocycles. The van der Waals surface area contributed by atoms with Crippen molar-refractivity contribution in [3.63, 3.8) is 0 Å². The number of aromatic hydroxyl groups is 1. The van der Waals surface area contributed by atoms with Crippen molar-refractivity contribution in [3.05, 3.63) is 46.5 Å². The van der Waals surface area contributed by atoms with Gasteiger partial charge in [0, 0.05) is 0 Å². The van der Waals surface area contributed by atoms with Gasteiger partial charge in [-0.05, 0) is 30.7 Å². The van der Waals surface area contributed by atoms with Crippen molar-refractivity contribution in [2.75, 3.05) is 5.73 Å². The first-order valence-electron chi connectivity index (χ1n) is 5.30. The Hall–Kier alpha value is -2.14. The van der Waals surface area contributed by atoms with Gasteiger partial charge < -0.3 is 10.8 Å². The van der Waals surface area contributed by atoms with Crippen LogP contribution >= 0.6 is 11.3 Å². The van der Waals surface area contributed by atoms with Crippen molar-refractivity contribution in [1.29, 1.82) is 0 Å². The van der Waals surface area contributed by atoms with E-state index in [1.807, 2.05) is 0 Å². The molecule has 0 fully saturated rings. The molecule has 1 heterocycles. The highest BCUT2D eigenvalue weighted by Crippen LogP contribution is 2.21. The number of nitrogen functional groups attached to an aromatic ring is 1. The number of ketones is 1. The Morgan fingerprint density at radius 2 is 2.06 bits per heavy atom. The summed E-state index contributed by atoms with van der Waals surface area (Å²) in [4.78, 5) is 16.5. The number of aromatic nitrogens is 1. The van der Waals surface area contributed by atoms with E-state index >= 15 is 0 Å². The molecule has 18 heavy (non-hydrogen) atoms. The van der Waals surface area contributed by atoms with Crippen LogP contribution in [0.4, 0.5) is 5.13 Å². The van der Waals surface area contributed by atoms with Crippen molar-refractivity contribution in [2.45, 2.75) is 6.92 Å². The number of benzene rings is 1. The van der Waals surface area contributed by atoms with Gasteiger partial charge in [0.25, 0.3) is 0 Å². The number of rotatable bonds is 3. The largest absolute Gasteiger partial charge is 0.508 e. The summed E-state index contributed by atoms with van der Waals surface area (Å²) in [7, 11) is 0. The van der Waals surface area contributed by atoms with E-state index in [0.717, 1.165) is 5.56 Å². The highest BCUT2D eigenvalue weighted by atomic mass is 32.1. The maximum absolute atomic E-state index is 11.9. The van der Waals surface area contributed by atoms with Gasteiger partial charge in [-0.2, -0.15) is 0 Å². The highest BCUT2D eigenvalue weighted by molar-refractivity contribution is 7.17. The van der Waals surface area contributed by atoms with Gasteiger partial charge in [0.05, 0.1) is 10.6 Å². The number of aryl methyl sites for hydroxylation is 1. The van der Waals surface area contributed by atoms with E-state index in [2.05, 4.69) is 4.98 Å². The van der Waals surface area contributed by atoms with Crippen LogP contribution in [0.5, 0.6) is 5.75 Å². The smallest absolute Gasteiger partial charge is 0.197 e. The number of phenols is 1. The van der Waals surface area contributed by atoms with Gasteiger partial charge >= 0.3 is 0 Å². The lowest BCUT2D eigenvalue weighted by Crippen LogP contribution is -1.93. The summed E-state index contributed by atoms with van der Waals surface area (Å²) >= 11 is 1.19. The van der Waals surface area contributed by atoms with E-state index < -0.39 is 0 Å². The summed E-state index contributed by atoms with van der Waals surface area (Å²) < 4.78 is 0. The van der Waals surface area contributed by atoms with Crippen molar-refractivity contribution in [2.24, 2.45) is 0 Å². The molecule has 1 aromatic carbocycles. The minimum Gasteiger partial charge on any atom is -0.508 e. The molecule has 0 aliphatic heterocycles. The molecule has 92 valence electrons. The average Bonchev–Trinajstić information content (AvgIpc) is 2.67. The summed E-state index contributed by atoms with van der Waals surface area (Å²) in [6.45, 7) is 1.76. The van der Waals surface area contributed by atoms with Gasteiger partial charge in [0.2, 0.25) is 0 Å². The van der Waals surface area contributed by atoms with E-state index in [-0.39, 0.29) is 11.5 Å². The molecular formula is C13H12N2O2S. The van der Waals surface area contributed by atoms with Crippen LogP contribution < -0.4 is 5.73 Å². The molecule has 0 atom stereocenters. The number of carbonyl (C=O) groups excluding carboxylic acids is 1. The average molecular weight is 260 g/mol. The molecule has 4 nitrogen and oxygen atoms in total. The molecule has 2 rings (SSSR count). The van der Waals surface area contributed by atoms with Crippen molar-refractivity contribution >= 4 is 28.3 Å². The molecule has 0 aliphatic rings. The zero-order valence-electron chi connectivity index (χ0n) is 9.75. The fourth-order valence-corrected chi connectivity index (χ4v) is 2.23. The van der Waals surface area contributed by atoms with Gasteiger partial charge in [-0.15, -0.1) is 0 Å². The van der Waals surface area contributed by atoms with E-state index in [9.17, 15) is 4.79 Å². The van der Waals surface area contributed by atoms with Crippen molar-refractivity contribution < 1.29 is 9.90 Å². The standard InChI is InChI=1S/C13H12N2O2S/c1-8-12(18-13(14)15-8)11(17)7-4-9-2-5-10(16)6-3-9/h2-7,16H,1H3,(H2,14,15). The molecule has 0 bridgehead atoms. The van der Waals surface area contributed by atoms with Crippen LogP contribution in [0.1, 0.15) is 20.9 Å². The fourth-order valence-electron chi connectivity index (χ4n) is 1.48. The quantitative estimate of drug-likeness (QED) is 0.657. The van der Waals surface area contributed by atoms with Crippen LogP contribution in [0.15, 0.2) is 30.3 Å². The molecule has 0 radical (unpaired) electrons. The Morgan fingerprint density at radius 1 is 1.39 bits per heavy atom. The zero-order valence-corrected chi connectivity index (χ0v) is 10.6. The van der Waals surface area contributed by atoms with Gasteiger partial charge in [0.15, 0.2) is 10.9 Å². The van der Waals surface area contributed by atoms with Crippen molar-refractivity contribution in [1.82, 2.24) is 4.98 Å². The Labute approximate surface area is 108 Å². The fraction of sp³-hybridized carbons (Fsp3) is 0.0769. The van der Waals surface area contributed by atoms with Crippen LogP contribution in [0.2, 0.25) is 0 Å². The van der Waals surface area contributed by atoms with E-state index in [1.165, 1.54) is 17.4 Å².